The third-order valence-corrected chi connectivity index (χ3v) is 5.50. The van der Waals surface area contributed by atoms with Crippen LogP contribution in [0.25, 0.3) is 0 Å². The predicted molar refractivity (Wildman–Crippen MR) is 120 cm³/mol. The van der Waals surface area contributed by atoms with Gasteiger partial charge in [0.15, 0.2) is 0 Å². The van der Waals surface area contributed by atoms with Gasteiger partial charge in [-0.2, -0.15) is 0 Å². The van der Waals surface area contributed by atoms with Gasteiger partial charge in [0.25, 0.3) is 5.91 Å². The summed E-state index contributed by atoms with van der Waals surface area (Å²) < 4.78 is 11.1. The highest BCUT2D eigenvalue weighted by molar-refractivity contribution is 7.98. The number of ether oxygens (including phenoxy) is 2. The molecule has 29 heavy (non-hydrogen) atoms. The van der Waals surface area contributed by atoms with Crippen molar-refractivity contribution in [1.82, 2.24) is 0 Å². The quantitative estimate of drug-likeness (QED) is 0.429. The molecule has 0 aliphatic heterocycles. The smallest absolute Gasteiger partial charge is 0.255 e. The summed E-state index contributed by atoms with van der Waals surface area (Å²) in [7, 11) is 1.58. The molecule has 0 saturated heterocycles. The van der Waals surface area contributed by atoms with Crippen molar-refractivity contribution in [2.75, 3.05) is 19.0 Å². The van der Waals surface area contributed by atoms with E-state index in [0.717, 1.165) is 16.2 Å². The minimum Gasteiger partial charge on any atom is -0.495 e. The molecule has 3 rings (SSSR count). The molecule has 0 saturated carbocycles. The molecule has 0 bridgehead atoms. The predicted octanol–water partition coefficient (Wildman–Crippen LogP) is 6.29. The van der Waals surface area contributed by atoms with Gasteiger partial charge in [-0.3, -0.25) is 4.79 Å². The monoisotopic (exact) mass is 427 g/mol. The zero-order valence-corrected chi connectivity index (χ0v) is 17.8. The molecule has 3 aromatic carbocycles. The van der Waals surface area contributed by atoms with Crippen LogP contribution in [-0.4, -0.2) is 19.6 Å². The van der Waals surface area contributed by atoms with Gasteiger partial charge in [0.1, 0.15) is 11.5 Å². The number of carbonyl (C=O) groups is 1. The number of para-hydroxylation sites is 2. The fraction of sp³-hybridized carbons (Fsp3) is 0.174. The molecule has 4 nitrogen and oxygen atoms in total. The number of halogens is 1. The van der Waals surface area contributed by atoms with Gasteiger partial charge < -0.3 is 14.8 Å². The Bertz CT molecular complexity index is 976. The first-order chi connectivity index (χ1) is 14.1. The van der Waals surface area contributed by atoms with Crippen LogP contribution in [0.5, 0.6) is 11.5 Å². The van der Waals surface area contributed by atoms with Crippen molar-refractivity contribution in [3.8, 4) is 11.5 Å². The SMILES string of the molecule is CCOc1ccc(C(=O)Nc2ccccc2OC)cc1CSc1ccc(Cl)cc1. The molecule has 1 amide bonds. The molecule has 150 valence electrons. The van der Waals surface area contributed by atoms with Crippen molar-refractivity contribution < 1.29 is 14.3 Å². The van der Waals surface area contributed by atoms with Crippen molar-refractivity contribution in [3.63, 3.8) is 0 Å². The Hall–Kier alpha value is -2.63. The van der Waals surface area contributed by atoms with Crippen LogP contribution in [0, 0.1) is 0 Å². The number of amides is 1. The lowest BCUT2D eigenvalue weighted by atomic mass is 10.1. The third kappa shape index (κ3) is 5.68. The first kappa shape index (κ1) is 21.1. The molecule has 0 aliphatic carbocycles. The second kappa shape index (κ2) is 10.2. The Balaban J connectivity index is 1.79. The highest BCUT2D eigenvalue weighted by atomic mass is 35.5. The first-order valence-electron chi connectivity index (χ1n) is 9.19. The normalized spacial score (nSPS) is 10.4. The van der Waals surface area contributed by atoms with Crippen LogP contribution in [0.15, 0.2) is 71.6 Å². The van der Waals surface area contributed by atoms with Crippen molar-refractivity contribution in [1.29, 1.82) is 0 Å². The number of hydrogen-bond acceptors (Lipinski definition) is 4. The number of hydrogen-bond donors (Lipinski definition) is 1. The molecule has 0 heterocycles. The Kier molecular flexibility index (Phi) is 7.44. The van der Waals surface area contributed by atoms with E-state index in [4.69, 9.17) is 21.1 Å². The molecule has 0 aliphatic rings. The molecule has 0 atom stereocenters. The first-order valence-corrected chi connectivity index (χ1v) is 10.6. The molecule has 1 N–H and O–H groups in total. The van der Waals surface area contributed by atoms with Crippen LogP contribution in [0.2, 0.25) is 5.02 Å². The standard InChI is InChI=1S/C23H22ClNO3S/c1-3-28-21-13-8-16(23(26)25-20-6-4-5-7-22(20)27-2)14-17(21)15-29-19-11-9-18(24)10-12-19/h4-14H,3,15H2,1-2H3,(H,25,26). The fourth-order valence-corrected chi connectivity index (χ4v) is 3.77. The molecule has 0 aromatic heterocycles. The summed E-state index contributed by atoms with van der Waals surface area (Å²) in [5, 5.41) is 3.62. The van der Waals surface area contributed by atoms with E-state index in [2.05, 4.69) is 5.32 Å². The molecule has 0 spiro atoms. The molecule has 0 unspecified atom stereocenters. The number of anilines is 1. The van der Waals surface area contributed by atoms with Crippen molar-refractivity contribution in [2.24, 2.45) is 0 Å². The number of rotatable bonds is 8. The average molecular weight is 428 g/mol. The van der Waals surface area contributed by atoms with E-state index < -0.39 is 0 Å². The highest BCUT2D eigenvalue weighted by Gasteiger charge is 2.13. The highest BCUT2D eigenvalue weighted by Crippen LogP contribution is 2.30. The summed E-state index contributed by atoms with van der Waals surface area (Å²) in [5.74, 6) is 1.87. The molecular weight excluding hydrogens is 406 g/mol. The van der Waals surface area contributed by atoms with Gasteiger partial charge >= 0.3 is 0 Å². The van der Waals surface area contributed by atoms with Crippen molar-refractivity contribution in [2.45, 2.75) is 17.6 Å². The average Bonchev–Trinajstić information content (AvgIpc) is 2.74. The topological polar surface area (TPSA) is 47.6 Å². The lowest BCUT2D eigenvalue weighted by Gasteiger charge is -2.13. The molecule has 0 radical (unpaired) electrons. The van der Waals surface area contributed by atoms with Gasteiger partial charge in [-0.1, -0.05) is 23.7 Å². The van der Waals surface area contributed by atoms with Crippen LogP contribution in [-0.2, 0) is 5.75 Å². The van der Waals surface area contributed by atoms with Gasteiger partial charge in [0, 0.05) is 26.8 Å². The van der Waals surface area contributed by atoms with Crippen LogP contribution in [0.3, 0.4) is 0 Å². The maximum atomic E-state index is 12.8. The summed E-state index contributed by atoms with van der Waals surface area (Å²) in [6.07, 6.45) is 0. The Morgan fingerprint density at radius 3 is 2.52 bits per heavy atom. The fourth-order valence-electron chi connectivity index (χ4n) is 2.76. The Labute approximate surface area is 180 Å². The van der Waals surface area contributed by atoms with E-state index in [-0.39, 0.29) is 5.91 Å². The lowest BCUT2D eigenvalue weighted by Crippen LogP contribution is -2.13. The number of methoxy groups -OCH3 is 1. The van der Waals surface area contributed by atoms with E-state index >= 15 is 0 Å². The largest absolute Gasteiger partial charge is 0.495 e. The van der Waals surface area contributed by atoms with Crippen molar-refractivity contribution >= 4 is 35.0 Å². The van der Waals surface area contributed by atoms with Gasteiger partial charge in [-0.25, -0.2) is 0 Å². The van der Waals surface area contributed by atoms with Crippen LogP contribution in [0.1, 0.15) is 22.8 Å². The van der Waals surface area contributed by atoms with Gasteiger partial charge in [0.2, 0.25) is 0 Å². The van der Waals surface area contributed by atoms with Gasteiger partial charge in [-0.05, 0) is 61.5 Å². The summed E-state index contributed by atoms with van der Waals surface area (Å²) >= 11 is 7.62. The van der Waals surface area contributed by atoms with Gasteiger partial charge in [-0.15, -0.1) is 11.8 Å². The minimum absolute atomic E-state index is 0.199. The summed E-state index contributed by atoms with van der Waals surface area (Å²) in [6.45, 7) is 2.50. The second-order valence-corrected chi connectivity index (χ2v) is 7.64. The van der Waals surface area contributed by atoms with E-state index in [1.807, 2.05) is 67.6 Å². The Morgan fingerprint density at radius 1 is 1.03 bits per heavy atom. The molecule has 3 aromatic rings. The maximum absolute atomic E-state index is 12.8. The van der Waals surface area contributed by atoms with Crippen molar-refractivity contribution in [3.05, 3.63) is 82.9 Å². The van der Waals surface area contributed by atoms with Crippen LogP contribution < -0.4 is 14.8 Å². The second-order valence-electron chi connectivity index (χ2n) is 6.15. The van der Waals surface area contributed by atoms with E-state index in [1.165, 1.54) is 0 Å². The molecule has 6 heteroatoms. The third-order valence-electron chi connectivity index (χ3n) is 4.19. The number of carbonyl (C=O) groups excluding carboxylic acids is 1. The van der Waals surface area contributed by atoms with E-state index in [1.54, 1.807) is 24.9 Å². The summed E-state index contributed by atoms with van der Waals surface area (Å²) in [4.78, 5) is 13.9. The lowest BCUT2D eigenvalue weighted by molar-refractivity contribution is 0.102. The zero-order valence-electron chi connectivity index (χ0n) is 16.3. The van der Waals surface area contributed by atoms with Gasteiger partial charge in [0.05, 0.1) is 19.4 Å². The number of benzene rings is 3. The van der Waals surface area contributed by atoms with Crippen LogP contribution in [0.4, 0.5) is 5.69 Å². The number of nitrogens with one attached hydrogen (secondary N) is 1. The zero-order chi connectivity index (χ0) is 20.6. The summed E-state index contributed by atoms with van der Waals surface area (Å²) in [6, 6.07) is 20.5. The van der Waals surface area contributed by atoms with E-state index in [0.29, 0.717) is 34.4 Å². The minimum atomic E-state index is -0.199. The maximum Gasteiger partial charge on any atom is 0.255 e. The Morgan fingerprint density at radius 2 is 1.79 bits per heavy atom. The molecule has 0 fully saturated rings. The summed E-state index contributed by atoms with van der Waals surface area (Å²) in [5.41, 5.74) is 2.15. The van der Waals surface area contributed by atoms with Crippen LogP contribution >= 0.6 is 23.4 Å². The molecular formula is C23H22ClNO3S. The van der Waals surface area contributed by atoms with E-state index in [9.17, 15) is 4.79 Å². The number of thioether (sulfide) groups is 1.